The third-order valence-electron chi connectivity index (χ3n) is 4.67. The molecule has 6 nitrogen and oxygen atoms in total. The van der Waals surface area contributed by atoms with Crippen LogP contribution in [0.25, 0.3) is 0 Å². The molecule has 6 heteroatoms. The van der Waals surface area contributed by atoms with E-state index in [-0.39, 0.29) is 5.92 Å². The molecule has 1 aliphatic heterocycles. The number of aldehydes is 1. The first-order valence-electron chi connectivity index (χ1n) is 8.49. The maximum absolute atomic E-state index is 10.7. The van der Waals surface area contributed by atoms with Crippen LogP contribution in [0.5, 0.6) is 11.6 Å². The van der Waals surface area contributed by atoms with Gasteiger partial charge in [-0.15, -0.1) is 0 Å². The summed E-state index contributed by atoms with van der Waals surface area (Å²) in [5.41, 5.74) is -0.0610. The fraction of sp³-hybridized carbons (Fsp3) is 0.421. The van der Waals surface area contributed by atoms with Crippen molar-refractivity contribution in [3.8, 4) is 11.6 Å². The Hall–Kier alpha value is -2.47. The van der Waals surface area contributed by atoms with E-state index >= 15 is 0 Å². The van der Waals surface area contributed by atoms with Crippen molar-refractivity contribution in [2.24, 2.45) is 5.92 Å². The minimum Gasteiger partial charge on any atom is -0.436 e. The lowest BCUT2D eigenvalue weighted by Gasteiger charge is -2.38. The van der Waals surface area contributed by atoms with Gasteiger partial charge in [-0.25, -0.2) is 9.97 Å². The van der Waals surface area contributed by atoms with E-state index in [0.717, 1.165) is 32.2 Å². The van der Waals surface area contributed by atoms with E-state index in [4.69, 9.17) is 4.74 Å². The van der Waals surface area contributed by atoms with Gasteiger partial charge in [-0.1, -0.05) is 0 Å². The Balaban J connectivity index is 1.74. The molecule has 0 atom stereocenters. The Bertz CT molecular complexity index is 717. The molecular weight excluding hydrogens is 318 g/mol. The first-order chi connectivity index (χ1) is 12.0. The highest BCUT2D eigenvalue weighted by Crippen LogP contribution is 2.33. The first-order valence-corrected chi connectivity index (χ1v) is 8.49. The summed E-state index contributed by atoms with van der Waals surface area (Å²) in [4.78, 5) is 21.6. The van der Waals surface area contributed by atoms with Crippen molar-refractivity contribution in [1.82, 2.24) is 9.97 Å². The van der Waals surface area contributed by atoms with Crippen molar-refractivity contribution in [3.63, 3.8) is 0 Å². The summed E-state index contributed by atoms with van der Waals surface area (Å²) in [6.45, 7) is 5.34. The normalized spacial score (nSPS) is 15.9. The van der Waals surface area contributed by atoms with E-state index in [1.165, 1.54) is 0 Å². The largest absolute Gasteiger partial charge is 0.436 e. The molecule has 3 rings (SSSR count). The lowest BCUT2D eigenvalue weighted by atomic mass is 9.83. The van der Waals surface area contributed by atoms with E-state index in [9.17, 15) is 9.90 Å². The third kappa shape index (κ3) is 4.14. The second kappa shape index (κ2) is 7.19. The van der Waals surface area contributed by atoms with E-state index in [0.29, 0.717) is 23.0 Å². The van der Waals surface area contributed by atoms with Gasteiger partial charge in [0.25, 0.3) is 5.88 Å². The molecule has 0 spiro atoms. The van der Waals surface area contributed by atoms with E-state index in [1.54, 1.807) is 36.7 Å². The third-order valence-corrected chi connectivity index (χ3v) is 4.67. The van der Waals surface area contributed by atoms with Crippen LogP contribution in [-0.2, 0) is 0 Å². The average molecular weight is 341 g/mol. The van der Waals surface area contributed by atoms with Crippen LogP contribution in [0.15, 0.2) is 36.7 Å². The van der Waals surface area contributed by atoms with Crippen molar-refractivity contribution in [2.75, 3.05) is 18.0 Å². The number of anilines is 1. The van der Waals surface area contributed by atoms with Crippen LogP contribution in [0.3, 0.4) is 0 Å². The van der Waals surface area contributed by atoms with Crippen molar-refractivity contribution in [3.05, 3.63) is 42.2 Å². The van der Waals surface area contributed by atoms with Gasteiger partial charge in [-0.05, 0) is 56.9 Å². The standard InChI is InChI=1S/C19H23N3O3/c1-19(2,24)15-7-11-22(12-8-15)17-18(21-10-9-20-17)25-16-5-3-14(13-23)4-6-16/h3-6,9-10,13,15,24H,7-8,11-12H2,1-2H3. The molecule has 1 aliphatic rings. The average Bonchev–Trinajstić information content (AvgIpc) is 2.62. The molecule has 1 saturated heterocycles. The summed E-state index contributed by atoms with van der Waals surface area (Å²) < 4.78 is 5.88. The van der Waals surface area contributed by atoms with E-state index in [2.05, 4.69) is 14.9 Å². The summed E-state index contributed by atoms with van der Waals surface area (Å²) in [6, 6.07) is 6.88. The van der Waals surface area contributed by atoms with Crippen LogP contribution < -0.4 is 9.64 Å². The van der Waals surface area contributed by atoms with Gasteiger partial charge in [0.05, 0.1) is 5.60 Å². The number of piperidine rings is 1. The minimum atomic E-state index is -0.659. The zero-order valence-electron chi connectivity index (χ0n) is 14.6. The number of hydrogen-bond donors (Lipinski definition) is 1. The number of hydrogen-bond acceptors (Lipinski definition) is 6. The lowest BCUT2D eigenvalue weighted by Crippen LogP contribution is -2.42. The summed E-state index contributed by atoms with van der Waals surface area (Å²) in [7, 11) is 0. The van der Waals surface area contributed by atoms with Crippen LogP contribution in [0, 0.1) is 5.92 Å². The highest BCUT2D eigenvalue weighted by molar-refractivity contribution is 5.74. The van der Waals surface area contributed by atoms with Crippen LogP contribution in [0.4, 0.5) is 5.82 Å². The Kier molecular flexibility index (Phi) is 4.99. The van der Waals surface area contributed by atoms with E-state index < -0.39 is 5.60 Å². The molecule has 0 amide bonds. The topological polar surface area (TPSA) is 75.6 Å². The number of ether oxygens (including phenoxy) is 1. The molecule has 0 radical (unpaired) electrons. The lowest BCUT2D eigenvalue weighted by molar-refractivity contribution is 0.00643. The number of benzene rings is 1. The molecule has 0 aliphatic carbocycles. The maximum Gasteiger partial charge on any atom is 0.263 e. The van der Waals surface area contributed by atoms with Gasteiger partial charge in [0.2, 0.25) is 0 Å². The number of aliphatic hydroxyl groups is 1. The second-order valence-corrected chi connectivity index (χ2v) is 6.89. The van der Waals surface area contributed by atoms with Crippen molar-refractivity contribution < 1.29 is 14.6 Å². The molecule has 2 aromatic rings. The number of nitrogens with zero attached hydrogens (tertiary/aromatic N) is 3. The molecule has 25 heavy (non-hydrogen) atoms. The fourth-order valence-corrected chi connectivity index (χ4v) is 3.13. The molecule has 0 bridgehead atoms. The predicted octanol–water partition coefficient (Wildman–Crippen LogP) is 3.07. The molecule has 132 valence electrons. The van der Waals surface area contributed by atoms with Crippen LogP contribution in [-0.4, -0.2) is 40.1 Å². The highest BCUT2D eigenvalue weighted by Gasteiger charge is 2.31. The second-order valence-electron chi connectivity index (χ2n) is 6.89. The van der Waals surface area contributed by atoms with Gasteiger partial charge in [-0.2, -0.15) is 0 Å². The quantitative estimate of drug-likeness (QED) is 0.843. The van der Waals surface area contributed by atoms with Crippen molar-refractivity contribution in [1.29, 1.82) is 0 Å². The zero-order chi connectivity index (χ0) is 17.9. The summed E-state index contributed by atoms with van der Waals surface area (Å²) in [5.74, 6) is 2.04. The molecule has 1 fully saturated rings. The van der Waals surface area contributed by atoms with Gasteiger partial charge < -0.3 is 14.7 Å². The Morgan fingerprint density at radius 3 is 2.40 bits per heavy atom. The molecule has 1 aromatic carbocycles. The monoisotopic (exact) mass is 341 g/mol. The SMILES string of the molecule is CC(C)(O)C1CCN(c2nccnc2Oc2ccc(C=O)cc2)CC1. The molecule has 2 heterocycles. The van der Waals surface area contributed by atoms with Crippen molar-refractivity contribution >= 4 is 12.1 Å². The summed E-state index contributed by atoms with van der Waals surface area (Å²) in [5, 5.41) is 10.2. The zero-order valence-corrected chi connectivity index (χ0v) is 14.6. The predicted molar refractivity (Wildman–Crippen MR) is 95.2 cm³/mol. The number of carbonyl (C=O) groups is 1. The molecule has 1 aromatic heterocycles. The smallest absolute Gasteiger partial charge is 0.263 e. The fourth-order valence-electron chi connectivity index (χ4n) is 3.13. The van der Waals surface area contributed by atoms with Gasteiger partial charge >= 0.3 is 0 Å². The van der Waals surface area contributed by atoms with Crippen LogP contribution in [0.1, 0.15) is 37.0 Å². The first kappa shape index (κ1) is 17.4. The summed E-state index contributed by atoms with van der Waals surface area (Å²) >= 11 is 0. The van der Waals surface area contributed by atoms with Gasteiger partial charge in [0, 0.05) is 31.0 Å². The number of carbonyl (C=O) groups excluding carboxylic acids is 1. The molecular formula is C19H23N3O3. The number of rotatable bonds is 5. The van der Waals surface area contributed by atoms with Gasteiger partial charge in [-0.3, -0.25) is 4.79 Å². The maximum atomic E-state index is 10.7. The molecule has 0 unspecified atom stereocenters. The van der Waals surface area contributed by atoms with Crippen molar-refractivity contribution in [2.45, 2.75) is 32.3 Å². The Labute approximate surface area is 147 Å². The molecule has 1 N–H and O–H groups in total. The van der Waals surface area contributed by atoms with Gasteiger partial charge in [0.15, 0.2) is 5.82 Å². The van der Waals surface area contributed by atoms with Crippen LogP contribution in [0.2, 0.25) is 0 Å². The van der Waals surface area contributed by atoms with E-state index in [1.807, 2.05) is 13.8 Å². The Morgan fingerprint density at radius 2 is 1.80 bits per heavy atom. The minimum absolute atomic E-state index is 0.278. The Morgan fingerprint density at radius 1 is 1.16 bits per heavy atom. The van der Waals surface area contributed by atoms with Gasteiger partial charge in [0.1, 0.15) is 12.0 Å². The molecule has 0 saturated carbocycles. The number of aromatic nitrogens is 2. The van der Waals surface area contributed by atoms with Crippen LogP contribution >= 0.6 is 0 Å². The highest BCUT2D eigenvalue weighted by atomic mass is 16.5. The summed E-state index contributed by atoms with van der Waals surface area (Å²) in [6.07, 6.45) is 5.84.